The SMILES string of the molecule is C/C(=N/O[C-]=O)C(=O)c1ccc(Sc2ccccc2)cc1.[Rf]. The van der Waals surface area contributed by atoms with Crippen LogP contribution < -0.4 is 0 Å². The van der Waals surface area contributed by atoms with Gasteiger partial charge < -0.3 is 9.63 Å². The Morgan fingerprint density at radius 1 is 1.05 bits per heavy atom. The van der Waals surface area contributed by atoms with Crippen molar-refractivity contribution in [2.75, 3.05) is 0 Å². The molecule has 22 heavy (non-hydrogen) atoms. The summed E-state index contributed by atoms with van der Waals surface area (Å²) in [5.74, 6) is -0.290. The minimum atomic E-state index is -0.290. The minimum Gasteiger partial charge on any atom is -0.526 e. The summed E-state index contributed by atoms with van der Waals surface area (Å²) in [6.07, 6.45) is 0. The number of Topliss-reactive ketones (excluding diaryl/α,β-unsaturated/α-hetero) is 1. The van der Waals surface area contributed by atoms with E-state index in [0.29, 0.717) is 5.56 Å². The quantitative estimate of drug-likeness (QED) is 0.177. The molecule has 0 aliphatic rings. The van der Waals surface area contributed by atoms with Gasteiger partial charge in [-0.05, 0) is 49.8 Å². The Morgan fingerprint density at radius 3 is 2.23 bits per heavy atom. The van der Waals surface area contributed by atoms with Crippen molar-refractivity contribution in [1.82, 2.24) is 0 Å². The predicted molar refractivity (Wildman–Crippen MR) is 81.2 cm³/mol. The summed E-state index contributed by atoms with van der Waals surface area (Å²) < 4.78 is 0. The number of oxime groups is 1. The van der Waals surface area contributed by atoms with E-state index in [4.69, 9.17) is 0 Å². The van der Waals surface area contributed by atoms with Crippen molar-refractivity contribution in [3.8, 4) is 0 Å². The van der Waals surface area contributed by atoms with Crippen molar-refractivity contribution in [3.05, 3.63) is 60.2 Å². The largest absolute Gasteiger partial charge is 0.526 e. The average molecular weight is 565 g/mol. The molecule has 0 heterocycles. The first-order valence-corrected chi connectivity index (χ1v) is 6.98. The maximum Gasteiger partial charge on any atom is 0.210 e. The normalized spacial score (nSPS) is 10.5. The van der Waals surface area contributed by atoms with Crippen LogP contribution in [-0.4, -0.2) is 18.0 Å². The van der Waals surface area contributed by atoms with E-state index in [1.165, 1.54) is 6.92 Å². The number of carbonyl (C=O) groups excluding carboxylic acids is 2. The molecule has 0 unspecified atom stereocenters. The van der Waals surface area contributed by atoms with Crippen LogP contribution >= 0.6 is 11.8 Å². The zero-order chi connectivity index (χ0) is 15.1. The van der Waals surface area contributed by atoms with Crippen LogP contribution in [0.1, 0.15) is 17.3 Å². The summed E-state index contributed by atoms with van der Waals surface area (Å²) in [7, 11) is 0. The van der Waals surface area contributed by atoms with Gasteiger partial charge in [-0.25, -0.2) is 0 Å². The molecule has 0 aliphatic heterocycles. The van der Waals surface area contributed by atoms with Crippen LogP contribution in [0.15, 0.2) is 69.5 Å². The van der Waals surface area contributed by atoms with Gasteiger partial charge in [0.05, 0.1) is 0 Å². The van der Waals surface area contributed by atoms with Crippen LogP contribution in [-0.2, 0) is 9.63 Å². The van der Waals surface area contributed by atoms with Crippen LogP contribution in [0.5, 0.6) is 0 Å². The van der Waals surface area contributed by atoms with Crippen LogP contribution in [0.2, 0.25) is 0 Å². The molecule has 108 valence electrons. The molecule has 2 aromatic rings. The predicted octanol–water partition coefficient (Wildman–Crippen LogP) is 3.48. The molecule has 2 aromatic carbocycles. The molecule has 0 amide bonds. The van der Waals surface area contributed by atoms with Crippen molar-refractivity contribution in [1.29, 1.82) is 0 Å². The number of nitrogens with zero attached hydrogens (tertiary/aromatic N) is 1. The second-order valence-corrected chi connectivity index (χ2v) is 5.27. The Labute approximate surface area is 126 Å². The van der Waals surface area contributed by atoms with E-state index in [0.717, 1.165) is 16.3 Å². The molecule has 0 aromatic heterocycles. The van der Waals surface area contributed by atoms with E-state index in [2.05, 4.69) is 9.99 Å². The fourth-order valence-electron chi connectivity index (χ4n) is 1.64. The van der Waals surface area contributed by atoms with Crippen molar-refractivity contribution in [3.63, 3.8) is 0 Å². The maximum absolute atomic E-state index is 12.0. The molecular weight excluding hydrogens is 553 g/mol. The van der Waals surface area contributed by atoms with E-state index in [1.54, 1.807) is 23.9 Å². The number of benzene rings is 2. The Hall–Kier alpha value is -3.40. The smallest absolute Gasteiger partial charge is 0.210 e. The minimum absolute atomic E-state index is 0. The van der Waals surface area contributed by atoms with Crippen LogP contribution in [0, 0.1) is 0 Å². The molecule has 4 nitrogen and oxygen atoms in total. The van der Waals surface area contributed by atoms with Gasteiger partial charge in [0, 0.05) is 15.4 Å². The summed E-state index contributed by atoms with van der Waals surface area (Å²) in [5.41, 5.74) is 0.588. The molecule has 0 bridgehead atoms. The Kier molecular flexibility index (Phi) is 6.07. The number of ketones is 1. The first-order valence-electron chi connectivity index (χ1n) is 6.16. The molecule has 0 atom stereocenters. The van der Waals surface area contributed by atoms with Crippen LogP contribution in [0.4, 0.5) is 0 Å². The molecular formula is C16H12NO3RfS-. The monoisotopic (exact) mass is 565 g/mol. The molecule has 0 spiro atoms. The van der Waals surface area contributed by atoms with E-state index >= 15 is 0 Å². The standard InChI is InChI=1S/C16H12NO3S.Rf/c1-12(17-20-11-18)16(19)13-7-9-15(10-8-13)21-14-5-3-2-4-6-14;/h2-10H,1H3;/q-1;/b17-12-;. The van der Waals surface area contributed by atoms with Gasteiger partial charge in [0.2, 0.25) is 5.78 Å². The van der Waals surface area contributed by atoms with Crippen molar-refractivity contribution in [2.45, 2.75) is 16.7 Å². The average Bonchev–Trinajstić information content (AvgIpc) is 2.53. The third-order valence-corrected chi connectivity index (χ3v) is 3.66. The second-order valence-electron chi connectivity index (χ2n) is 4.12. The van der Waals surface area contributed by atoms with Crippen molar-refractivity contribution in [2.24, 2.45) is 5.16 Å². The molecule has 0 fully saturated rings. The summed E-state index contributed by atoms with van der Waals surface area (Å²) in [4.78, 5) is 28.2. The summed E-state index contributed by atoms with van der Waals surface area (Å²) in [6, 6.07) is 17.1. The molecule has 0 saturated carbocycles. The van der Waals surface area contributed by atoms with Gasteiger partial charge in [0.1, 0.15) is 5.71 Å². The molecule has 0 saturated heterocycles. The van der Waals surface area contributed by atoms with E-state index in [1.807, 2.05) is 42.5 Å². The number of carbonyl (C=O) groups is 1. The fourth-order valence-corrected chi connectivity index (χ4v) is 2.47. The third-order valence-electron chi connectivity index (χ3n) is 2.64. The van der Waals surface area contributed by atoms with Gasteiger partial charge in [-0.1, -0.05) is 30.0 Å². The Bertz CT molecular complexity index is 657. The zero-order valence-electron chi connectivity index (χ0n) is 12.0. The van der Waals surface area contributed by atoms with Gasteiger partial charge in [0.15, 0.2) is 0 Å². The van der Waals surface area contributed by atoms with Crippen LogP contribution in [0.25, 0.3) is 0 Å². The van der Waals surface area contributed by atoms with Gasteiger partial charge in [-0.2, -0.15) is 0 Å². The zero-order valence-corrected chi connectivity index (χ0v) is 19.2. The summed E-state index contributed by atoms with van der Waals surface area (Å²) in [5, 5.41) is 3.35. The third kappa shape index (κ3) is 4.31. The molecule has 0 radical (unpaired) electrons. The van der Waals surface area contributed by atoms with Gasteiger partial charge in [-0.3, -0.25) is 4.79 Å². The maximum atomic E-state index is 12.0. The van der Waals surface area contributed by atoms with Crippen LogP contribution in [0.3, 0.4) is 0 Å². The Morgan fingerprint density at radius 2 is 1.64 bits per heavy atom. The first-order chi connectivity index (χ1) is 10.2. The molecule has 0 N–H and O–H groups in total. The second kappa shape index (κ2) is 8.01. The van der Waals surface area contributed by atoms with Crippen molar-refractivity contribution < 1.29 is 14.4 Å². The molecule has 6 heteroatoms. The molecule has 2 rings (SSSR count). The number of rotatable bonds is 6. The molecule has 0 aliphatic carbocycles. The number of hydrogen-bond acceptors (Lipinski definition) is 5. The van der Waals surface area contributed by atoms with Gasteiger partial charge >= 0.3 is 0 Å². The fraction of sp³-hybridized carbons (Fsp3) is 0.0625. The topological polar surface area (TPSA) is 55.7 Å². The van der Waals surface area contributed by atoms with E-state index in [9.17, 15) is 9.59 Å². The van der Waals surface area contributed by atoms with E-state index < -0.39 is 0 Å². The Balaban J connectivity index is 0.00000242. The summed E-state index contributed by atoms with van der Waals surface area (Å²) in [6.45, 7) is 2.63. The van der Waals surface area contributed by atoms with Gasteiger partial charge in [0.25, 0.3) is 0 Å². The van der Waals surface area contributed by atoms with E-state index in [-0.39, 0.29) is 11.5 Å². The van der Waals surface area contributed by atoms with Crippen molar-refractivity contribution >= 4 is 29.7 Å². The van der Waals surface area contributed by atoms with Gasteiger partial charge in [-0.15, -0.1) is 5.16 Å². The summed E-state index contributed by atoms with van der Waals surface area (Å²) >= 11 is 1.61. The number of hydrogen-bond donors (Lipinski definition) is 0. The first kappa shape index (κ1) is 16.7.